The van der Waals surface area contributed by atoms with E-state index in [1.165, 1.54) is 6.07 Å². The van der Waals surface area contributed by atoms with Crippen molar-refractivity contribution in [1.82, 2.24) is 4.90 Å². The van der Waals surface area contributed by atoms with Gasteiger partial charge in [-0.2, -0.15) is 0 Å². The summed E-state index contributed by atoms with van der Waals surface area (Å²) in [5.74, 6) is -0.439. The third-order valence-electron chi connectivity index (χ3n) is 4.71. The second-order valence-electron chi connectivity index (χ2n) is 6.42. The lowest BCUT2D eigenvalue weighted by atomic mass is 10.1. The molecule has 2 amide bonds. The SMILES string of the molecule is CCN(CC)c1ccc(/C=C2\SC(=O)N(Cc3ccccc3[N+](=O)[O-])C2=O)cc1. The van der Waals surface area contributed by atoms with Crippen LogP contribution in [0.1, 0.15) is 25.0 Å². The lowest BCUT2D eigenvalue weighted by molar-refractivity contribution is -0.385. The Hall–Kier alpha value is -3.13. The van der Waals surface area contributed by atoms with Gasteiger partial charge in [-0.25, -0.2) is 0 Å². The van der Waals surface area contributed by atoms with Crippen molar-refractivity contribution in [2.45, 2.75) is 20.4 Å². The Bertz CT molecular complexity index is 968. The summed E-state index contributed by atoms with van der Waals surface area (Å²) in [4.78, 5) is 39.3. The zero-order valence-electron chi connectivity index (χ0n) is 16.2. The number of amides is 2. The van der Waals surface area contributed by atoms with Crippen LogP contribution in [-0.4, -0.2) is 34.1 Å². The smallest absolute Gasteiger partial charge is 0.293 e. The highest BCUT2D eigenvalue weighted by molar-refractivity contribution is 8.18. The summed E-state index contributed by atoms with van der Waals surface area (Å²) in [6.07, 6.45) is 1.68. The van der Waals surface area contributed by atoms with Crippen molar-refractivity contribution in [3.63, 3.8) is 0 Å². The van der Waals surface area contributed by atoms with Gasteiger partial charge in [0, 0.05) is 30.4 Å². The first-order valence-corrected chi connectivity index (χ1v) is 10.1. The van der Waals surface area contributed by atoms with Gasteiger partial charge < -0.3 is 4.90 Å². The van der Waals surface area contributed by atoms with E-state index in [1.807, 2.05) is 24.3 Å². The maximum absolute atomic E-state index is 12.7. The van der Waals surface area contributed by atoms with E-state index in [0.717, 1.165) is 41.0 Å². The summed E-state index contributed by atoms with van der Waals surface area (Å²) in [6.45, 7) is 5.86. The van der Waals surface area contributed by atoms with Gasteiger partial charge in [0.25, 0.3) is 16.8 Å². The van der Waals surface area contributed by atoms with E-state index < -0.39 is 16.1 Å². The first-order chi connectivity index (χ1) is 13.9. The molecule has 0 radical (unpaired) electrons. The first-order valence-electron chi connectivity index (χ1n) is 9.27. The minimum atomic E-state index is -0.512. The number of imide groups is 1. The van der Waals surface area contributed by atoms with Gasteiger partial charge in [-0.1, -0.05) is 30.3 Å². The van der Waals surface area contributed by atoms with Crippen molar-refractivity contribution < 1.29 is 14.5 Å². The highest BCUT2D eigenvalue weighted by Gasteiger charge is 2.36. The fourth-order valence-corrected chi connectivity index (χ4v) is 3.99. The molecule has 7 nitrogen and oxygen atoms in total. The first kappa shape index (κ1) is 20.6. The number of benzene rings is 2. The number of nitrogens with zero attached hydrogens (tertiary/aromatic N) is 3. The van der Waals surface area contributed by atoms with Crippen LogP contribution >= 0.6 is 11.8 Å². The van der Waals surface area contributed by atoms with Gasteiger partial charge in [0.05, 0.1) is 16.4 Å². The van der Waals surface area contributed by atoms with Gasteiger partial charge in [0.2, 0.25) is 0 Å². The fraction of sp³-hybridized carbons (Fsp3) is 0.238. The molecule has 0 spiro atoms. The summed E-state index contributed by atoms with van der Waals surface area (Å²) in [5.41, 5.74) is 2.13. The fourth-order valence-electron chi connectivity index (χ4n) is 3.15. The topological polar surface area (TPSA) is 83.8 Å². The molecule has 8 heteroatoms. The lowest BCUT2D eigenvalue weighted by Crippen LogP contribution is -2.27. The van der Waals surface area contributed by atoms with Crippen LogP contribution < -0.4 is 4.90 Å². The Morgan fingerprint density at radius 1 is 1.07 bits per heavy atom. The van der Waals surface area contributed by atoms with E-state index in [0.29, 0.717) is 10.5 Å². The van der Waals surface area contributed by atoms with Crippen LogP contribution in [0.25, 0.3) is 6.08 Å². The summed E-state index contributed by atoms with van der Waals surface area (Å²) in [6, 6.07) is 13.9. The monoisotopic (exact) mass is 411 g/mol. The van der Waals surface area contributed by atoms with E-state index >= 15 is 0 Å². The number of carbonyl (C=O) groups excluding carboxylic acids is 2. The predicted octanol–water partition coefficient (Wildman–Crippen LogP) is 4.68. The molecule has 0 aromatic heterocycles. The van der Waals surface area contributed by atoms with Gasteiger partial charge in [-0.3, -0.25) is 24.6 Å². The Kier molecular flexibility index (Phi) is 6.33. The molecule has 0 saturated carbocycles. The highest BCUT2D eigenvalue weighted by atomic mass is 32.2. The number of anilines is 1. The molecular formula is C21H21N3O4S. The van der Waals surface area contributed by atoms with Gasteiger partial charge >= 0.3 is 0 Å². The number of carbonyl (C=O) groups is 2. The lowest BCUT2D eigenvalue weighted by Gasteiger charge is -2.20. The van der Waals surface area contributed by atoms with E-state index in [9.17, 15) is 19.7 Å². The van der Waals surface area contributed by atoms with Crippen molar-refractivity contribution in [3.8, 4) is 0 Å². The van der Waals surface area contributed by atoms with Crippen LogP contribution in [0.15, 0.2) is 53.4 Å². The number of nitro benzene ring substituents is 1. The molecular weight excluding hydrogens is 390 g/mol. The molecule has 1 saturated heterocycles. The number of hydrogen-bond acceptors (Lipinski definition) is 6. The third-order valence-corrected chi connectivity index (χ3v) is 5.62. The van der Waals surface area contributed by atoms with E-state index in [-0.39, 0.29) is 12.2 Å². The highest BCUT2D eigenvalue weighted by Crippen LogP contribution is 2.34. The molecule has 1 aliphatic rings. The van der Waals surface area contributed by atoms with Crippen molar-refractivity contribution in [3.05, 3.63) is 74.7 Å². The van der Waals surface area contributed by atoms with Crippen LogP contribution in [-0.2, 0) is 11.3 Å². The summed E-state index contributed by atoms with van der Waals surface area (Å²) in [7, 11) is 0. The molecule has 0 aliphatic carbocycles. The van der Waals surface area contributed by atoms with Gasteiger partial charge in [-0.05, 0) is 49.4 Å². The van der Waals surface area contributed by atoms with Gasteiger partial charge in [-0.15, -0.1) is 0 Å². The van der Waals surface area contributed by atoms with E-state index in [2.05, 4.69) is 18.7 Å². The average molecular weight is 411 g/mol. The van der Waals surface area contributed by atoms with Crippen LogP contribution in [0.2, 0.25) is 0 Å². The normalized spacial score (nSPS) is 15.2. The van der Waals surface area contributed by atoms with Gasteiger partial charge in [0.1, 0.15) is 0 Å². The minimum Gasteiger partial charge on any atom is -0.372 e. The maximum Gasteiger partial charge on any atom is 0.293 e. The Morgan fingerprint density at radius 3 is 2.34 bits per heavy atom. The van der Waals surface area contributed by atoms with Crippen LogP contribution in [0.3, 0.4) is 0 Å². The molecule has 1 fully saturated rings. The van der Waals surface area contributed by atoms with E-state index in [1.54, 1.807) is 24.3 Å². The molecule has 0 N–H and O–H groups in total. The summed E-state index contributed by atoms with van der Waals surface area (Å²) >= 11 is 0.848. The molecule has 2 aromatic rings. The maximum atomic E-state index is 12.7. The molecule has 2 aromatic carbocycles. The molecule has 1 heterocycles. The third kappa shape index (κ3) is 4.48. The zero-order valence-corrected chi connectivity index (χ0v) is 17.0. The van der Waals surface area contributed by atoms with Crippen molar-refractivity contribution in [2.75, 3.05) is 18.0 Å². The van der Waals surface area contributed by atoms with Crippen molar-refractivity contribution in [2.24, 2.45) is 0 Å². The average Bonchev–Trinajstić information content (AvgIpc) is 2.98. The van der Waals surface area contributed by atoms with Crippen LogP contribution in [0.4, 0.5) is 16.2 Å². The quantitative estimate of drug-likeness (QED) is 0.374. The number of rotatable bonds is 7. The molecule has 0 atom stereocenters. The van der Waals surface area contributed by atoms with Crippen molar-refractivity contribution in [1.29, 1.82) is 0 Å². The minimum absolute atomic E-state index is 0.109. The number of thioether (sulfide) groups is 1. The largest absolute Gasteiger partial charge is 0.372 e. The second kappa shape index (κ2) is 8.91. The number of nitro groups is 1. The molecule has 29 heavy (non-hydrogen) atoms. The van der Waals surface area contributed by atoms with Crippen molar-refractivity contribution >= 4 is 40.4 Å². The summed E-state index contributed by atoms with van der Waals surface area (Å²) in [5, 5.41) is 10.7. The Balaban J connectivity index is 1.79. The van der Waals surface area contributed by atoms with E-state index in [4.69, 9.17) is 0 Å². The number of para-hydroxylation sites is 1. The van der Waals surface area contributed by atoms with Crippen LogP contribution in [0, 0.1) is 10.1 Å². The van der Waals surface area contributed by atoms with Gasteiger partial charge in [0.15, 0.2) is 0 Å². The molecule has 0 unspecified atom stereocenters. The van der Waals surface area contributed by atoms with Crippen LogP contribution in [0.5, 0.6) is 0 Å². The second-order valence-corrected chi connectivity index (χ2v) is 7.41. The molecule has 1 aliphatic heterocycles. The standard InChI is InChI=1S/C21H21N3O4S/c1-3-22(4-2)17-11-9-15(10-12-17)13-19-20(25)23(21(26)29-19)14-16-7-5-6-8-18(16)24(27)28/h5-13H,3-4,14H2,1-2H3/b19-13-. The Morgan fingerprint density at radius 2 is 1.72 bits per heavy atom. The molecule has 150 valence electrons. The zero-order chi connectivity index (χ0) is 21.0. The molecule has 3 rings (SSSR count). The molecule has 0 bridgehead atoms. The summed E-state index contributed by atoms with van der Waals surface area (Å²) < 4.78 is 0. The predicted molar refractivity (Wildman–Crippen MR) is 115 cm³/mol. The number of hydrogen-bond donors (Lipinski definition) is 0. The Labute approximate surface area is 173 Å².